The molecular weight excluding hydrogens is 232 g/mol. The number of nitrogens with zero attached hydrogens (tertiary/aromatic N) is 2. The molecule has 4 heteroatoms. The Balaban J connectivity index is 2.88. The van der Waals surface area contributed by atoms with E-state index in [4.69, 9.17) is 5.26 Å². The summed E-state index contributed by atoms with van der Waals surface area (Å²) >= 11 is 4.27. The average Bonchev–Trinajstić information content (AvgIpc) is 2.35. The molecule has 1 atom stereocenters. The van der Waals surface area contributed by atoms with E-state index in [1.165, 1.54) is 0 Å². The largest absolute Gasteiger partial charge is 0.338 e. The zero-order valence-corrected chi connectivity index (χ0v) is 10.9. The first kappa shape index (κ1) is 13.6. The lowest BCUT2D eigenvalue weighted by molar-refractivity contribution is 0.0749. The summed E-state index contributed by atoms with van der Waals surface area (Å²) < 4.78 is 0. The summed E-state index contributed by atoms with van der Waals surface area (Å²) in [4.78, 5) is 14.6. The van der Waals surface area contributed by atoms with Gasteiger partial charge in [-0.15, -0.1) is 12.6 Å². The van der Waals surface area contributed by atoms with Crippen molar-refractivity contribution in [3.63, 3.8) is 0 Å². The molecule has 0 heterocycles. The zero-order chi connectivity index (χ0) is 12.8. The van der Waals surface area contributed by atoms with Crippen LogP contribution in [0.5, 0.6) is 0 Å². The highest BCUT2D eigenvalue weighted by Crippen LogP contribution is 2.16. The lowest BCUT2D eigenvalue weighted by atomic mass is 10.1. The van der Waals surface area contributed by atoms with E-state index in [1.54, 1.807) is 17.0 Å². The molecule has 0 spiro atoms. The second-order valence-electron chi connectivity index (χ2n) is 3.89. The van der Waals surface area contributed by atoms with Gasteiger partial charge < -0.3 is 4.90 Å². The molecule has 0 aliphatic heterocycles. The Morgan fingerprint density at radius 2 is 2.18 bits per heavy atom. The van der Waals surface area contributed by atoms with Gasteiger partial charge in [0.25, 0.3) is 5.91 Å². The normalized spacial score (nSPS) is 11.6. The Morgan fingerprint density at radius 1 is 1.53 bits per heavy atom. The molecule has 1 aromatic rings. The van der Waals surface area contributed by atoms with Gasteiger partial charge in [-0.1, -0.05) is 12.1 Å². The fourth-order valence-electron chi connectivity index (χ4n) is 1.55. The highest BCUT2D eigenvalue weighted by atomic mass is 32.1. The van der Waals surface area contributed by atoms with Crippen LogP contribution in [0.2, 0.25) is 0 Å². The van der Waals surface area contributed by atoms with Gasteiger partial charge in [-0.25, -0.2) is 0 Å². The summed E-state index contributed by atoms with van der Waals surface area (Å²) in [6.07, 6.45) is 0. The highest BCUT2D eigenvalue weighted by molar-refractivity contribution is 7.80. The van der Waals surface area contributed by atoms with E-state index in [2.05, 4.69) is 18.7 Å². The van der Waals surface area contributed by atoms with Crippen LogP contribution in [0, 0.1) is 17.2 Å². The van der Waals surface area contributed by atoms with Crippen molar-refractivity contribution in [2.75, 3.05) is 13.1 Å². The first-order chi connectivity index (χ1) is 8.10. The van der Waals surface area contributed by atoms with E-state index in [1.807, 2.05) is 26.0 Å². The average molecular weight is 248 g/mol. The van der Waals surface area contributed by atoms with Gasteiger partial charge in [0.2, 0.25) is 0 Å². The quantitative estimate of drug-likeness (QED) is 0.832. The molecule has 1 amide bonds. The van der Waals surface area contributed by atoms with Gasteiger partial charge in [0.05, 0.1) is 17.6 Å². The zero-order valence-electron chi connectivity index (χ0n) is 10.1. The highest BCUT2D eigenvalue weighted by Gasteiger charge is 2.18. The molecule has 3 nitrogen and oxygen atoms in total. The predicted molar refractivity (Wildman–Crippen MR) is 70.0 cm³/mol. The number of thiol groups is 1. The molecule has 0 aliphatic rings. The lowest BCUT2D eigenvalue weighted by Crippen LogP contribution is -2.34. The number of nitriles is 1. The van der Waals surface area contributed by atoms with Gasteiger partial charge >= 0.3 is 0 Å². The van der Waals surface area contributed by atoms with Gasteiger partial charge in [-0.2, -0.15) is 5.26 Å². The molecule has 17 heavy (non-hydrogen) atoms. The molecule has 1 rings (SSSR count). The minimum absolute atomic E-state index is 0.0693. The minimum Gasteiger partial charge on any atom is -0.338 e. The molecule has 0 saturated carbocycles. The SMILES string of the molecule is CCN(CC(C)C#N)C(=O)c1ccccc1S. The van der Waals surface area contributed by atoms with Crippen LogP contribution in [-0.4, -0.2) is 23.9 Å². The van der Waals surface area contributed by atoms with E-state index >= 15 is 0 Å². The van der Waals surface area contributed by atoms with Gasteiger partial charge in [-0.05, 0) is 26.0 Å². The number of rotatable bonds is 4. The molecular formula is C13H16N2OS. The monoisotopic (exact) mass is 248 g/mol. The summed E-state index contributed by atoms with van der Waals surface area (Å²) in [7, 11) is 0. The van der Waals surface area contributed by atoms with Crippen molar-refractivity contribution >= 4 is 18.5 Å². The van der Waals surface area contributed by atoms with Crippen molar-refractivity contribution in [3.8, 4) is 6.07 Å². The Morgan fingerprint density at radius 3 is 2.71 bits per heavy atom. The van der Waals surface area contributed by atoms with Crippen LogP contribution in [0.15, 0.2) is 29.2 Å². The Bertz CT molecular complexity index is 439. The molecule has 0 N–H and O–H groups in total. The van der Waals surface area contributed by atoms with E-state index in [0.29, 0.717) is 23.5 Å². The van der Waals surface area contributed by atoms with Crippen molar-refractivity contribution in [2.24, 2.45) is 5.92 Å². The van der Waals surface area contributed by atoms with Crippen molar-refractivity contribution in [1.82, 2.24) is 4.90 Å². The standard InChI is InChI=1S/C13H16N2OS/c1-3-15(9-10(2)8-14)13(16)11-6-4-5-7-12(11)17/h4-7,10,17H,3,9H2,1-2H3. The van der Waals surface area contributed by atoms with Gasteiger partial charge in [0, 0.05) is 18.0 Å². The first-order valence-electron chi connectivity index (χ1n) is 5.57. The molecule has 0 fully saturated rings. The topological polar surface area (TPSA) is 44.1 Å². The molecule has 0 saturated heterocycles. The molecule has 1 unspecified atom stereocenters. The van der Waals surface area contributed by atoms with Crippen LogP contribution in [0.4, 0.5) is 0 Å². The maximum absolute atomic E-state index is 12.2. The third-order valence-electron chi connectivity index (χ3n) is 2.52. The molecule has 0 aliphatic carbocycles. The lowest BCUT2D eigenvalue weighted by Gasteiger charge is -2.22. The number of amides is 1. The van der Waals surface area contributed by atoms with E-state index in [-0.39, 0.29) is 11.8 Å². The van der Waals surface area contributed by atoms with Gasteiger partial charge in [0.15, 0.2) is 0 Å². The number of carbonyl (C=O) groups excluding carboxylic acids is 1. The Kier molecular flexibility index (Phi) is 5.05. The Labute approximate surface area is 107 Å². The smallest absolute Gasteiger partial charge is 0.255 e. The fraction of sp³-hybridized carbons (Fsp3) is 0.385. The van der Waals surface area contributed by atoms with Crippen LogP contribution in [0.3, 0.4) is 0 Å². The van der Waals surface area contributed by atoms with E-state index in [9.17, 15) is 4.79 Å². The summed E-state index contributed by atoms with van der Waals surface area (Å²) in [5.74, 6) is -0.230. The summed E-state index contributed by atoms with van der Waals surface area (Å²) in [5.41, 5.74) is 0.586. The van der Waals surface area contributed by atoms with Crippen molar-refractivity contribution < 1.29 is 4.79 Å². The molecule has 1 aromatic carbocycles. The number of hydrogen-bond acceptors (Lipinski definition) is 3. The maximum Gasteiger partial charge on any atom is 0.255 e. The summed E-state index contributed by atoms with van der Waals surface area (Å²) in [6, 6.07) is 9.34. The summed E-state index contributed by atoms with van der Waals surface area (Å²) in [6.45, 7) is 4.76. The predicted octanol–water partition coefficient (Wildman–Crippen LogP) is 2.60. The van der Waals surface area contributed by atoms with E-state index < -0.39 is 0 Å². The number of benzene rings is 1. The fourth-order valence-corrected chi connectivity index (χ4v) is 1.81. The second kappa shape index (κ2) is 6.31. The van der Waals surface area contributed by atoms with Crippen molar-refractivity contribution in [2.45, 2.75) is 18.7 Å². The molecule has 0 bridgehead atoms. The third kappa shape index (κ3) is 3.50. The third-order valence-corrected chi connectivity index (χ3v) is 2.91. The molecule has 0 aromatic heterocycles. The maximum atomic E-state index is 12.2. The van der Waals surface area contributed by atoms with E-state index in [0.717, 1.165) is 0 Å². The second-order valence-corrected chi connectivity index (χ2v) is 4.37. The van der Waals surface area contributed by atoms with Crippen LogP contribution in [0.25, 0.3) is 0 Å². The van der Waals surface area contributed by atoms with Gasteiger partial charge in [-0.3, -0.25) is 4.79 Å². The van der Waals surface area contributed by atoms with Crippen molar-refractivity contribution in [1.29, 1.82) is 5.26 Å². The van der Waals surface area contributed by atoms with Crippen LogP contribution < -0.4 is 0 Å². The summed E-state index contributed by atoms with van der Waals surface area (Å²) in [5, 5.41) is 8.78. The van der Waals surface area contributed by atoms with Gasteiger partial charge in [0.1, 0.15) is 0 Å². The van der Waals surface area contributed by atoms with Crippen LogP contribution in [-0.2, 0) is 0 Å². The molecule has 0 radical (unpaired) electrons. The van der Waals surface area contributed by atoms with Crippen LogP contribution in [0.1, 0.15) is 24.2 Å². The first-order valence-corrected chi connectivity index (χ1v) is 6.01. The molecule has 90 valence electrons. The number of hydrogen-bond donors (Lipinski definition) is 1. The minimum atomic E-state index is -0.161. The van der Waals surface area contributed by atoms with Crippen molar-refractivity contribution in [3.05, 3.63) is 29.8 Å². The number of carbonyl (C=O) groups is 1. The Hall–Kier alpha value is -1.47. The van der Waals surface area contributed by atoms with Crippen LogP contribution >= 0.6 is 12.6 Å².